The van der Waals surface area contributed by atoms with Gasteiger partial charge in [-0.2, -0.15) is 0 Å². The van der Waals surface area contributed by atoms with Crippen molar-refractivity contribution in [3.8, 4) is 17.1 Å². The predicted molar refractivity (Wildman–Crippen MR) is 67.8 cm³/mol. The van der Waals surface area contributed by atoms with E-state index in [-0.39, 0.29) is 27.2 Å². The Bertz CT molecular complexity index is 653. The van der Waals surface area contributed by atoms with E-state index >= 15 is 0 Å². The lowest BCUT2D eigenvalue weighted by molar-refractivity contribution is 0.0686. The number of methoxy groups -OCH3 is 1. The van der Waals surface area contributed by atoms with Gasteiger partial charge in [0.2, 0.25) is 0 Å². The zero-order chi connectivity index (χ0) is 14.2. The SMILES string of the molecule is COc1c(C)cc(Br)c(F)c1-c1cc(C(=O)O)no1. The fourth-order valence-corrected chi connectivity index (χ4v) is 2.25. The number of rotatable bonds is 3. The number of aromatic carboxylic acids is 1. The van der Waals surface area contributed by atoms with Crippen molar-refractivity contribution in [2.45, 2.75) is 6.92 Å². The summed E-state index contributed by atoms with van der Waals surface area (Å²) in [6.07, 6.45) is 0. The number of benzene rings is 1. The third-order valence-corrected chi connectivity index (χ3v) is 3.11. The molecule has 0 saturated carbocycles. The topological polar surface area (TPSA) is 72.6 Å². The quantitative estimate of drug-likeness (QED) is 0.935. The monoisotopic (exact) mass is 329 g/mol. The minimum atomic E-state index is -1.25. The Morgan fingerprint density at radius 3 is 2.74 bits per heavy atom. The van der Waals surface area contributed by atoms with E-state index in [1.807, 2.05) is 0 Å². The molecule has 1 aromatic carbocycles. The van der Waals surface area contributed by atoms with E-state index in [1.54, 1.807) is 13.0 Å². The third kappa shape index (κ3) is 2.33. The molecule has 0 bridgehead atoms. The molecule has 0 radical (unpaired) electrons. The molecule has 2 rings (SSSR count). The van der Waals surface area contributed by atoms with Gasteiger partial charge in [-0.15, -0.1) is 0 Å². The Morgan fingerprint density at radius 2 is 2.21 bits per heavy atom. The Morgan fingerprint density at radius 1 is 1.53 bits per heavy atom. The van der Waals surface area contributed by atoms with Crippen LogP contribution in [0.1, 0.15) is 16.1 Å². The third-order valence-electron chi connectivity index (χ3n) is 2.54. The highest BCUT2D eigenvalue weighted by Crippen LogP contribution is 2.39. The van der Waals surface area contributed by atoms with Crippen molar-refractivity contribution < 1.29 is 23.6 Å². The van der Waals surface area contributed by atoms with Crippen LogP contribution in [0.15, 0.2) is 21.1 Å². The first-order valence-corrected chi connectivity index (χ1v) is 5.98. The van der Waals surface area contributed by atoms with Crippen molar-refractivity contribution >= 4 is 21.9 Å². The highest BCUT2D eigenvalue weighted by Gasteiger charge is 2.22. The van der Waals surface area contributed by atoms with Crippen molar-refractivity contribution in [1.29, 1.82) is 0 Å². The Balaban J connectivity index is 2.69. The molecule has 0 amide bonds. The molecule has 5 nitrogen and oxygen atoms in total. The molecule has 1 heterocycles. The largest absolute Gasteiger partial charge is 0.496 e. The maximum Gasteiger partial charge on any atom is 0.358 e. The molecule has 19 heavy (non-hydrogen) atoms. The number of halogens is 2. The second kappa shape index (κ2) is 5.00. The fourth-order valence-electron chi connectivity index (χ4n) is 1.71. The molecule has 0 aliphatic rings. The van der Waals surface area contributed by atoms with Crippen LogP contribution in [-0.4, -0.2) is 23.3 Å². The maximum absolute atomic E-state index is 14.2. The van der Waals surface area contributed by atoms with E-state index in [4.69, 9.17) is 14.4 Å². The number of nitrogens with zero attached hydrogens (tertiary/aromatic N) is 1. The molecule has 0 unspecified atom stereocenters. The molecular weight excluding hydrogens is 321 g/mol. The van der Waals surface area contributed by atoms with Gasteiger partial charge in [0.15, 0.2) is 17.3 Å². The van der Waals surface area contributed by atoms with Crippen molar-refractivity contribution in [3.05, 3.63) is 33.7 Å². The van der Waals surface area contributed by atoms with Gasteiger partial charge in [-0.3, -0.25) is 0 Å². The molecule has 0 aliphatic carbocycles. The average molecular weight is 330 g/mol. The van der Waals surface area contributed by atoms with E-state index < -0.39 is 11.8 Å². The van der Waals surface area contributed by atoms with Gasteiger partial charge in [0.1, 0.15) is 5.75 Å². The van der Waals surface area contributed by atoms with E-state index in [1.165, 1.54) is 7.11 Å². The van der Waals surface area contributed by atoms with Crippen molar-refractivity contribution in [3.63, 3.8) is 0 Å². The molecule has 0 fully saturated rings. The van der Waals surface area contributed by atoms with Crippen LogP contribution in [-0.2, 0) is 0 Å². The van der Waals surface area contributed by atoms with E-state index in [2.05, 4.69) is 21.1 Å². The summed E-state index contributed by atoms with van der Waals surface area (Å²) in [6, 6.07) is 2.71. The van der Waals surface area contributed by atoms with Gasteiger partial charge in [0.25, 0.3) is 0 Å². The summed E-state index contributed by atoms with van der Waals surface area (Å²) < 4.78 is 24.4. The number of carbonyl (C=O) groups is 1. The van der Waals surface area contributed by atoms with Gasteiger partial charge in [-0.05, 0) is 34.5 Å². The van der Waals surface area contributed by atoms with Gasteiger partial charge in [-0.1, -0.05) is 5.16 Å². The summed E-state index contributed by atoms with van der Waals surface area (Å²) in [5.41, 5.74) is 0.419. The highest BCUT2D eigenvalue weighted by atomic mass is 79.9. The fraction of sp³-hybridized carbons (Fsp3) is 0.167. The highest BCUT2D eigenvalue weighted by molar-refractivity contribution is 9.10. The van der Waals surface area contributed by atoms with Gasteiger partial charge >= 0.3 is 5.97 Å². The molecule has 1 N–H and O–H groups in total. The summed E-state index contributed by atoms with van der Waals surface area (Å²) in [6.45, 7) is 1.74. The van der Waals surface area contributed by atoms with Crippen LogP contribution in [0, 0.1) is 12.7 Å². The maximum atomic E-state index is 14.2. The first kappa shape index (κ1) is 13.5. The van der Waals surface area contributed by atoms with E-state index in [0.717, 1.165) is 6.07 Å². The van der Waals surface area contributed by atoms with Crippen molar-refractivity contribution in [2.24, 2.45) is 0 Å². The second-order valence-electron chi connectivity index (χ2n) is 3.78. The first-order valence-electron chi connectivity index (χ1n) is 5.18. The van der Waals surface area contributed by atoms with Crippen LogP contribution in [0.5, 0.6) is 5.75 Å². The molecule has 7 heteroatoms. The van der Waals surface area contributed by atoms with Crippen LogP contribution in [0.2, 0.25) is 0 Å². The van der Waals surface area contributed by atoms with Crippen LogP contribution in [0.4, 0.5) is 4.39 Å². The number of hydrogen-bond acceptors (Lipinski definition) is 4. The number of carboxylic acids is 1. The van der Waals surface area contributed by atoms with E-state index in [0.29, 0.717) is 5.56 Å². The average Bonchev–Trinajstić information content (AvgIpc) is 2.82. The van der Waals surface area contributed by atoms with Crippen LogP contribution in [0.3, 0.4) is 0 Å². The molecule has 0 aliphatic heterocycles. The van der Waals surface area contributed by atoms with Gasteiger partial charge in [0.05, 0.1) is 17.1 Å². The van der Waals surface area contributed by atoms with Gasteiger partial charge < -0.3 is 14.4 Å². The molecular formula is C12H9BrFNO4. The van der Waals surface area contributed by atoms with Crippen molar-refractivity contribution in [1.82, 2.24) is 5.16 Å². The summed E-state index contributed by atoms with van der Waals surface area (Å²) in [4.78, 5) is 10.8. The summed E-state index contributed by atoms with van der Waals surface area (Å²) in [7, 11) is 1.40. The number of hydrogen-bond donors (Lipinski definition) is 1. The van der Waals surface area contributed by atoms with Crippen LogP contribution < -0.4 is 4.74 Å². The number of aromatic nitrogens is 1. The van der Waals surface area contributed by atoms with Crippen LogP contribution in [0.25, 0.3) is 11.3 Å². The lowest BCUT2D eigenvalue weighted by Gasteiger charge is -2.11. The lowest BCUT2D eigenvalue weighted by atomic mass is 10.1. The summed E-state index contributed by atoms with van der Waals surface area (Å²) in [5.74, 6) is -1.58. The minimum Gasteiger partial charge on any atom is -0.496 e. The first-order chi connectivity index (χ1) is 8.95. The minimum absolute atomic E-state index is 0.00356. The Hall–Kier alpha value is -1.89. The molecule has 2 aromatic rings. The smallest absolute Gasteiger partial charge is 0.358 e. The zero-order valence-corrected chi connectivity index (χ0v) is 11.6. The molecule has 100 valence electrons. The number of aryl methyl sites for hydroxylation is 1. The Kier molecular flexibility index (Phi) is 3.57. The Labute approximate surface area is 116 Å². The molecule has 0 atom stereocenters. The van der Waals surface area contributed by atoms with E-state index in [9.17, 15) is 9.18 Å². The van der Waals surface area contributed by atoms with Crippen LogP contribution >= 0.6 is 15.9 Å². The normalized spacial score (nSPS) is 10.5. The number of carboxylic acid groups (broad SMARTS) is 1. The molecule has 1 aromatic heterocycles. The van der Waals surface area contributed by atoms with Gasteiger partial charge in [-0.25, -0.2) is 9.18 Å². The number of ether oxygens (including phenoxy) is 1. The predicted octanol–water partition coefficient (Wildman–Crippen LogP) is 3.26. The standard InChI is InChI=1S/C12H9BrFNO4/c1-5-3-6(13)10(14)9(11(5)18-2)8-4-7(12(16)17)15-19-8/h3-4H,1-2H3,(H,16,17). The lowest BCUT2D eigenvalue weighted by Crippen LogP contribution is -1.96. The zero-order valence-electron chi connectivity index (χ0n) is 10.0. The second-order valence-corrected chi connectivity index (χ2v) is 4.63. The van der Waals surface area contributed by atoms with Gasteiger partial charge in [0, 0.05) is 6.07 Å². The summed E-state index contributed by atoms with van der Waals surface area (Å²) >= 11 is 3.08. The van der Waals surface area contributed by atoms with Crippen molar-refractivity contribution in [2.75, 3.05) is 7.11 Å². The molecule has 0 spiro atoms. The summed E-state index contributed by atoms with van der Waals surface area (Å²) in [5, 5.41) is 12.1. The molecule has 0 saturated heterocycles.